The Kier molecular flexibility index (Phi) is 7.57. The third kappa shape index (κ3) is 5.10. The van der Waals surface area contributed by atoms with Gasteiger partial charge in [-0.05, 0) is 38.1 Å². The molecule has 1 fully saturated rings. The molecule has 28 heavy (non-hydrogen) atoms. The van der Waals surface area contributed by atoms with E-state index in [4.69, 9.17) is 0 Å². The van der Waals surface area contributed by atoms with Crippen molar-refractivity contribution in [3.8, 4) is 0 Å². The second-order valence-electron chi connectivity index (χ2n) is 7.69. The van der Waals surface area contributed by atoms with Gasteiger partial charge in [0, 0.05) is 13.1 Å². The van der Waals surface area contributed by atoms with Gasteiger partial charge in [0.25, 0.3) is 5.91 Å². The monoisotopic (exact) mass is 388 g/mol. The maximum Gasteiger partial charge on any atom is 0.325 e. The van der Waals surface area contributed by atoms with Crippen molar-refractivity contribution in [2.24, 2.45) is 0 Å². The molecule has 0 saturated carbocycles. The van der Waals surface area contributed by atoms with Gasteiger partial charge in [0.15, 0.2) is 0 Å². The van der Waals surface area contributed by atoms with Crippen LogP contribution in [0.4, 0.5) is 4.79 Å². The average Bonchev–Trinajstić information content (AvgIpc) is 2.85. The third-order valence-corrected chi connectivity index (χ3v) is 4.98. The summed E-state index contributed by atoms with van der Waals surface area (Å²) in [5, 5.41) is 5.67. The molecule has 0 unspecified atom stereocenters. The second kappa shape index (κ2) is 9.68. The molecule has 0 atom stereocenters. The van der Waals surface area contributed by atoms with Crippen LogP contribution in [0.3, 0.4) is 0 Å². The highest BCUT2D eigenvalue weighted by Gasteiger charge is 2.50. The quantitative estimate of drug-likeness (QED) is 0.603. The molecule has 154 valence electrons. The van der Waals surface area contributed by atoms with E-state index in [9.17, 15) is 14.4 Å². The van der Waals surface area contributed by atoms with Gasteiger partial charge in [0.1, 0.15) is 12.1 Å². The predicted molar refractivity (Wildman–Crippen MR) is 108 cm³/mol. The van der Waals surface area contributed by atoms with E-state index in [0.717, 1.165) is 35.4 Å². The minimum atomic E-state index is -0.862. The number of carbonyl (C=O) groups is 3. The summed E-state index contributed by atoms with van der Waals surface area (Å²) >= 11 is 0. The van der Waals surface area contributed by atoms with Crippen LogP contribution in [0.25, 0.3) is 0 Å². The summed E-state index contributed by atoms with van der Waals surface area (Å²) in [4.78, 5) is 40.7. The zero-order valence-electron chi connectivity index (χ0n) is 17.4. The predicted octanol–water partition coefficient (Wildman–Crippen LogP) is 2.26. The van der Waals surface area contributed by atoms with Crippen LogP contribution in [0.15, 0.2) is 24.3 Å². The van der Waals surface area contributed by atoms with Crippen molar-refractivity contribution in [1.82, 2.24) is 20.4 Å². The van der Waals surface area contributed by atoms with E-state index in [1.165, 1.54) is 0 Å². The molecular formula is C21H32N4O3. The SMILES string of the molecule is CCCC1(CCC)NC(=O)N(CC(=O)NCc2ccccc2CN(C)C)C1=O. The van der Waals surface area contributed by atoms with Crippen LogP contribution in [-0.4, -0.2) is 53.8 Å². The van der Waals surface area contributed by atoms with Gasteiger partial charge in [-0.3, -0.25) is 14.5 Å². The lowest BCUT2D eigenvalue weighted by molar-refractivity contribution is -0.135. The summed E-state index contributed by atoms with van der Waals surface area (Å²) < 4.78 is 0. The number of hydrogen-bond donors (Lipinski definition) is 2. The van der Waals surface area contributed by atoms with Crippen LogP contribution in [0.2, 0.25) is 0 Å². The van der Waals surface area contributed by atoms with Crippen LogP contribution < -0.4 is 10.6 Å². The van der Waals surface area contributed by atoms with Crippen molar-refractivity contribution in [3.63, 3.8) is 0 Å². The fourth-order valence-electron chi connectivity index (χ4n) is 3.76. The molecule has 0 spiro atoms. The molecule has 7 nitrogen and oxygen atoms in total. The molecule has 2 rings (SSSR count). The summed E-state index contributed by atoms with van der Waals surface area (Å²) in [7, 11) is 3.98. The van der Waals surface area contributed by atoms with Crippen LogP contribution in [0.5, 0.6) is 0 Å². The number of nitrogens with one attached hydrogen (secondary N) is 2. The Labute approximate surface area is 167 Å². The van der Waals surface area contributed by atoms with Crippen molar-refractivity contribution in [3.05, 3.63) is 35.4 Å². The highest BCUT2D eigenvalue weighted by atomic mass is 16.2. The lowest BCUT2D eigenvalue weighted by Gasteiger charge is -2.25. The first-order chi connectivity index (χ1) is 13.3. The molecule has 4 amide bonds. The summed E-state index contributed by atoms with van der Waals surface area (Å²) in [6.07, 6.45) is 2.74. The van der Waals surface area contributed by atoms with Gasteiger partial charge in [-0.25, -0.2) is 4.79 Å². The van der Waals surface area contributed by atoms with E-state index in [1.54, 1.807) is 0 Å². The molecule has 1 aliphatic rings. The Hall–Kier alpha value is -2.41. The summed E-state index contributed by atoms with van der Waals surface area (Å²) in [5.41, 5.74) is 1.29. The topological polar surface area (TPSA) is 81.8 Å². The zero-order valence-corrected chi connectivity index (χ0v) is 17.4. The third-order valence-electron chi connectivity index (χ3n) is 4.98. The number of nitrogens with zero attached hydrogens (tertiary/aromatic N) is 2. The molecule has 0 aliphatic carbocycles. The van der Waals surface area contributed by atoms with Gasteiger partial charge in [0.2, 0.25) is 5.91 Å². The summed E-state index contributed by atoms with van der Waals surface area (Å²) in [6, 6.07) is 7.43. The Morgan fingerprint density at radius 3 is 2.29 bits per heavy atom. The molecule has 1 aromatic carbocycles. The molecule has 1 aromatic rings. The van der Waals surface area contributed by atoms with Crippen LogP contribution in [0.1, 0.15) is 50.7 Å². The van der Waals surface area contributed by atoms with Crippen LogP contribution in [0, 0.1) is 0 Å². The Morgan fingerprint density at radius 2 is 1.71 bits per heavy atom. The Balaban J connectivity index is 2.00. The van der Waals surface area contributed by atoms with Crippen molar-refractivity contribution in [2.45, 2.75) is 58.2 Å². The minimum absolute atomic E-state index is 0.254. The zero-order chi connectivity index (χ0) is 20.7. The first-order valence-corrected chi connectivity index (χ1v) is 9.95. The molecule has 0 radical (unpaired) electrons. The van der Waals surface area contributed by atoms with Gasteiger partial charge in [0.05, 0.1) is 0 Å². The number of urea groups is 1. The van der Waals surface area contributed by atoms with E-state index >= 15 is 0 Å². The Morgan fingerprint density at radius 1 is 1.11 bits per heavy atom. The lowest BCUT2D eigenvalue weighted by Crippen LogP contribution is -2.47. The molecular weight excluding hydrogens is 356 g/mol. The van der Waals surface area contributed by atoms with E-state index in [2.05, 4.69) is 15.5 Å². The highest BCUT2D eigenvalue weighted by Crippen LogP contribution is 2.27. The van der Waals surface area contributed by atoms with Gasteiger partial charge in [-0.2, -0.15) is 0 Å². The molecule has 0 bridgehead atoms. The first kappa shape index (κ1) is 21.9. The average molecular weight is 389 g/mol. The summed E-state index contributed by atoms with van der Waals surface area (Å²) in [6.45, 7) is 4.85. The molecule has 7 heteroatoms. The number of benzene rings is 1. The maximum atomic E-state index is 12.9. The highest BCUT2D eigenvalue weighted by molar-refractivity contribution is 6.09. The normalized spacial score (nSPS) is 15.8. The summed E-state index contributed by atoms with van der Waals surface area (Å²) in [5.74, 6) is -0.628. The molecule has 1 aliphatic heterocycles. The number of rotatable bonds is 10. The van der Waals surface area contributed by atoms with Gasteiger partial charge >= 0.3 is 6.03 Å². The van der Waals surface area contributed by atoms with Crippen LogP contribution >= 0.6 is 0 Å². The fourth-order valence-corrected chi connectivity index (χ4v) is 3.76. The van der Waals surface area contributed by atoms with E-state index in [1.807, 2.05) is 52.2 Å². The number of imide groups is 1. The second-order valence-corrected chi connectivity index (χ2v) is 7.69. The number of hydrogen-bond acceptors (Lipinski definition) is 4. The van der Waals surface area contributed by atoms with Crippen molar-refractivity contribution < 1.29 is 14.4 Å². The number of amides is 4. The largest absolute Gasteiger partial charge is 0.350 e. The molecule has 1 saturated heterocycles. The van der Waals surface area contributed by atoms with Crippen molar-refractivity contribution >= 4 is 17.8 Å². The lowest BCUT2D eigenvalue weighted by atomic mass is 9.88. The fraction of sp³-hybridized carbons (Fsp3) is 0.571. The van der Waals surface area contributed by atoms with Gasteiger partial charge in [-0.1, -0.05) is 51.0 Å². The van der Waals surface area contributed by atoms with Gasteiger partial charge < -0.3 is 15.5 Å². The van der Waals surface area contributed by atoms with Crippen LogP contribution in [-0.2, 0) is 22.7 Å². The smallest absolute Gasteiger partial charge is 0.325 e. The molecule has 0 aromatic heterocycles. The van der Waals surface area contributed by atoms with E-state index < -0.39 is 11.6 Å². The maximum absolute atomic E-state index is 12.9. The molecule has 2 N–H and O–H groups in total. The number of carbonyl (C=O) groups excluding carboxylic acids is 3. The van der Waals surface area contributed by atoms with Gasteiger partial charge in [-0.15, -0.1) is 0 Å². The van der Waals surface area contributed by atoms with Crippen molar-refractivity contribution in [2.75, 3.05) is 20.6 Å². The molecule has 1 heterocycles. The standard InChI is InChI=1S/C21H32N4O3/c1-5-11-21(12-6-2)19(27)25(20(28)23-21)15-18(26)22-13-16-9-7-8-10-17(16)14-24(3)4/h7-10H,5-6,11-15H2,1-4H3,(H,22,26)(H,23,28). The first-order valence-electron chi connectivity index (χ1n) is 9.95. The van der Waals surface area contributed by atoms with Crippen molar-refractivity contribution in [1.29, 1.82) is 0 Å². The van der Waals surface area contributed by atoms with E-state index in [-0.39, 0.29) is 18.4 Å². The Bertz CT molecular complexity index is 711. The minimum Gasteiger partial charge on any atom is -0.350 e. The van der Waals surface area contributed by atoms with E-state index in [0.29, 0.717) is 19.4 Å².